The zero-order valence-corrected chi connectivity index (χ0v) is 7.11. The molecule has 0 atom stereocenters. The van der Waals surface area contributed by atoms with Crippen molar-refractivity contribution in [2.24, 2.45) is 4.99 Å². The van der Waals surface area contributed by atoms with Crippen molar-refractivity contribution < 1.29 is 4.79 Å². The zero-order valence-electron chi connectivity index (χ0n) is 7.11. The molecule has 0 N–H and O–H groups in total. The minimum Gasteiger partial charge on any atom is -0.318 e. The normalized spacial score (nSPS) is 24.3. The summed E-state index contributed by atoms with van der Waals surface area (Å²) in [4.78, 5) is 17.2. The Morgan fingerprint density at radius 3 is 2.83 bits per heavy atom. The molecule has 1 amide bonds. The van der Waals surface area contributed by atoms with Crippen LogP contribution in [0.4, 0.5) is 0 Å². The highest BCUT2D eigenvalue weighted by Crippen LogP contribution is 2.25. The molecule has 0 saturated heterocycles. The van der Waals surface area contributed by atoms with Gasteiger partial charge in [0.25, 0.3) is 5.91 Å². The van der Waals surface area contributed by atoms with E-state index in [9.17, 15) is 4.79 Å². The highest BCUT2D eigenvalue weighted by Gasteiger charge is 2.40. The molecule has 12 heavy (non-hydrogen) atoms. The van der Waals surface area contributed by atoms with Crippen LogP contribution < -0.4 is 0 Å². The lowest BCUT2D eigenvalue weighted by molar-refractivity contribution is -0.123. The predicted molar refractivity (Wildman–Crippen MR) is 46.6 cm³/mol. The first-order valence-corrected chi connectivity index (χ1v) is 3.90. The van der Waals surface area contributed by atoms with Gasteiger partial charge in [0.2, 0.25) is 0 Å². The summed E-state index contributed by atoms with van der Waals surface area (Å²) in [7, 11) is 0. The van der Waals surface area contributed by atoms with Gasteiger partial charge in [0.05, 0.1) is 0 Å². The second kappa shape index (κ2) is 2.06. The lowest BCUT2D eigenvalue weighted by Gasteiger charge is -2.29. The summed E-state index contributed by atoms with van der Waals surface area (Å²) < 4.78 is 0. The van der Waals surface area contributed by atoms with Crippen LogP contribution in [0.3, 0.4) is 0 Å². The van der Waals surface area contributed by atoms with E-state index in [1.165, 1.54) is 0 Å². The van der Waals surface area contributed by atoms with Crippen LogP contribution in [0.15, 0.2) is 29.4 Å². The minimum atomic E-state index is -0.503. The summed E-state index contributed by atoms with van der Waals surface area (Å²) in [5, 5.41) is 0. The van der Waals surface area contributed by atoms with Crippen molar-refractivity contribution in [1.29, 1.82) is 0 Å². The number of hydrogen-bond acceptors (Lipinski definition) is 2. The number of amides is 1. The first-order valence-electron chi connectivity index (χ1n) is 3.90. The Hall–Kier alpha value is -1.38. The zero-order chi connectivity index (χ0) is 8.77. The third-order valence-electron chi connectivity index (χ3n) is 2.18. The van der Waals surface area contributed by atoms with Crippen LogP contribution in [0.5, 0.6) is 0 Å². The molecule has 2 heterocycles. The average Bonchev–Trinajstić information content (AvgIpc) is 2.25. The van der Waals surface area contributed by atoms with Crippen molar-refractivity contribution in [2.45, 2.75) is 19.4 Å². The third-order valence-corrected chi connectivity index (χ3v) is 2.18. The number of fused-ring (bicyclic) bond motifs is 1. The van der Waals surface area contributed by atoms with Gasteiger partial charge in [0, 0.05) is 6.20 Å². The summed E-state index contributed by atoms with van der Waals surface area (Å²) in [6, 6.07) is 0. The maximum absolute atomic E-state index is 11.4. The minimum absolute atomic E-state index is 0.0753. The number of hydrogen-bond donors (Lipinski definition) is 0. The van der Waals surface area contributed by atoms with Crippen molar-refractivity contribution in [3.63, 3.8) is 0 Å². The molecule has 0 radical (unpaired) electrons. The van der Waals surface area contributed by atoms with Crippen molar-refractivity contribution in [1.82, 2.24) is 4.90 Å². The number of carbonyl (C=O) groups is 1. The van der Waals surface area contributed by atoms with Gasteiger partial charge in [-0.3, -0.25) is 4.79 Å². The molecule has 0 spiro atoms. The Morgan fingerprint density at radius 2 is 2.17 bits per heavy atom. The molecule has 0 aliphatic carbocycles. The summed E-state index contributed by atoms with van der Waals surface area (Å²) in [5.74, 6) is 0.668. The van der Waals surface area contributed by atoms with Gasteiger partial charge >= 0.3 is 0 Å². The first-order chi connectivity index (χ1) is 5.62. The van der Waals surface area contributed by atoms with E-state index in [1.807, 2.05) is 43.2 Å². The summed E-state index contributed by atoms with van der Waals surface area (Å²) in [6.45, 7) is 3.74. The van der Waals surface area contributed by atoms with E-state index in [1.54, 1.807) is 0 Å². The molecule has 2 rings (SSSR count). The molecular weight excluding hydrogens is 152 g/mol. The maximum Gasteiger partial charge on any atom is 0.273 e. The van der Waals surface area contributed by atoms with Crippen LogP contribution >= 0.6 is 0 Å². The standard InChI is InChI=1S/C9H10N2O/c1-9(2)8(12)10-7-5-3-4-6-11(7)9/h3-6H,1-2H3. The lowest BCUT2D eigenvalue weighted by Crippen LogP contribution is -2.43. The number of aliphatic imine (C=N–C) groups is 1. The van der Waals surface area contributed by atoms with Crippen molar-refractivity contribution >= 4 is 11.7 Å². The Bertz CT molecular complexity index is 323. The number of carbonyl (C=O) groups excluding carboxylic acids is 1. The molecule has 0 saturated carbocycles. The fourth-order valence-electron chi connectivity index (χ4n) is 1.34. The van der Waals surface area contributed by atoms with Gasteiger partial charge in [-0.1, -0.05) is 6.08 Å². The lowest BCUT2D eigenvalue weighted by atomic mass is 10.0. The molecule has 0 aromatic rings. The molecule has 3 nitrogen and oxygen atoms in total. The van der Waals surface area contributed by atoms with Gasteiger partial charge in [-0.2, -0.15) is 4.99 Å². The summed E-state index contributed by atoms with van der Waals surface area (Å²) in [6.07, 6.45) is 7.50. The fourth-order valence-corrected chi connectivity index (χ4v) is 1.34. The van der Waals surface area contributed by atoms with E-state index in [0.29, 0.717) is 0 Å². The van der Waals surface area contributed by atoms with Crippen LogP contribution in [-0.4, -0.2) is 22.2 Å². The molecule has 0 unspecified atom stereocenters. The quantitative estimate of drug-likeness (QED) is 0.534. The van der Waals surface area contributed by atoms with Crippen molar-refractivity contribution in [3.8, 4) is 0 Å². The van der Waals surface area contributed by atoms with Crippen molar-refractivity contribution in [3.05, 3.63) is 24.4 Å². The second-order valence-electron chi connectivity index (χ2n) is 3.40. The monoisotopic (exact) mass is 162 g/mol. The maximum atomic E-state index is 11.4. The summed E-state index contributed by atoms with van der Waals surface area (Å²) in [5.41, 5.74) is -0.503. The number of nitrogens with zero attached hydrogens (tertiary/aromatic N) is 2. The second-order valence-corrected chi connectivity index (χ2v) is 3.40. The molecule has 0 aromatic heterocycles. The molecule has 0 fully saturated rings. The number of amidine groups is 1. The molecular formula is C9H10N2O. The molecule has 3 heteroatoms. The molecule has 0 aromatic carbocycles. The Balaban J connectivity index is 2.47. The molecule has 2 aliphatic rings. The Labute approximate surface area is 71.1 Å². The van der Waals surface area contributed by atoms with E-state index >= 15 is 0 Å². The van der Waals surface area contributed by atoms with Crippen LogP contribution in [0.25, 0.3) is 0 Å². The highest BCUT2D eigenvalue weighted by atomic mass is 16.2. The topological polar surface area (TPSA) is 32.7 Å². The van der Waals surface area contributed by atoms with Gasteiger partial charge in [0.15, 0.2) is 0 Å². The third kappa shape index (κ3) is 0.763. The molecule has 0 bridgehead atoms. The van der Waals surface area contributed by atoms with Crippen LogP contribution in [0.1, 0.15) is 13.8 Å². The number of rotatable bonds is 0. The van der Waals surface area contributed by atoms with E-state index in [2.05, 4.69) is 4.99 Å². The van der Waals surface area contributed by atoms with Gasteiger partial charge in [-0.15, -0.1) is 0 Å². The van der Waals surface area contributed by atoms with E-state index in [-0.39, 0.29) is 5.91 Å². The van der Waals surface area contributed by atoms with Gasteiger partial charge in [-0.05, 0) is 26.0 Å². The highest BCUT2D eigenvalue weighted by molar-refractivity contribution is 6.11. The average molecular weight is 162 g/mol. The Morgan fingerprint density at radius 1 is 1.42 bits per heavy atom. The van der Waals surface area contributed by atoms with E-state index in [0.717, 1.165) is 5.84 Å². The number of allylic oxidation sites excluding steroid dienone is 2. The van der Waals surface area contributed by atoms with Crippen LogP contribution in [-0.2, 0) is 4.79 Å². The van der Waals surface area contributed by atoms with Crippen LogP contribution in [0.2, 0.25) is 0 Å². The Kier molecular flexibility index (Phi) is 1.25. The smallest absolute Gasteiger partial charge is 0.273 e. The summed E-state index contributed by atoms with van der Waals surface area (Å²) >= 11 is 0. The van der Waals surface area contributed by atoms with Crippen LogP contribution in [0, 0.1) is 0 Å². The van der Waals surface area contributed by atoms with Gasteiger partial charge in [0.1, 0.15) is 11.4 Å². The largest absolute Gasteiger partial charge is 0.318 e. The van der Waals surface area contributed by atoms with E-state index in [4.69, 9.17) is 0 Å². The molecule has 2 aliphatic heterocycles. The van der Waals surface area contributed by atoms with Gasteiger partial charge in [-0.25, -0.2) is 0 Å². The fraction of sp³-hybridized carbons (Fsp3) is 0.333. The molecule has 62 valence electrons. The van der Waals surface area contributed by atoms with E-state index < -0.39 is 5.54 Å². The SMILES string of the molecule is CC1(C)C(=O)N=C2C=CC=CN21. The first kappa shape index (κ1) is 7.28. The van der Waals surface area contributed by atoms with Gasteiger partial charge < -0.3 is 4.90 Å². The predicted octanol–water partition coefficient (Wildman–Crippen LogP) is 1.09. The van der Waals surface area contributed by atoms with Crippen molar-refractivity contribution in [2.75, 3.05) is 0 Å².